The van der Waals surface area contributed by atoms with E-state index < -0.39 is 6.09 Å². The molecule has 0 fully saturated rings. The summed E-state index contributed by atoms with van der Waals surface area (Å²) >= 11 is 5.81. The lowest BCUT2D eigenvalue weighted by Gasteiger charge is -2.09. The van der Waals surface area contributed by atoms with Crippen LogP contribution < -0.4 is 16.4 Å². The molecular formula is C18H20ClN3O3. The number of alkyl carbamates (subject to hydrolysis) is 1. The van der Waals surface area contributed by atoms with E-state index in [1.54, 1.807) is 18.2 Å². The third kappa shape index (κ3) is 6.73. The zero-order valence-corrected chi connectivity index (χ0v) is 14.4. The molecular weight excluding hydrogens is 342 g/mol. The number of nitrogens with two attached hydrogens (primary N) is 1. The maximum atomic E-state index is 11.9. The summed E-state index contributed by atoms with van der Waals surface area (Å²) in [4.78, 5) is 23.4. The molecule has 4 N–H and O–H groups in total. The van der Waals surface area contributed by atoms with Crippen LogP contribution >= 0.6 is 11.6 Å². The minimum Gasteiger partial charge on any atom is -0.445 e. The number of rotatable bonds is 7. The van der Waals surface area contributed by atoms with Gasteiger partial charge in [0.2, 0.25) is 5.91 Å². The molecule has 0 saturated carbocycles. The Labute approximate surface area is 151 Å². The van der Waals surface area contributed by atoms with Gasteiger partial charge in [0.25, 0.3) is 0 Å². The van der Waals surface area contributed by atoms with E-state index in [2.05, 4.69) is 10.6 Å². The fourth-order valence-electron chi connectivity index (χ4n) is 2.07. The summed E-state index contributed by atoms with van der Waals surface area (Å²) in [5.74, 6) is -0.187. The van der Waals surface area contributed by atoms with E-state index in [0.717, 1.165) is 5.56 Å². The van der Waals surface area contributed by atoms with Gasteiger partial charge >= 0.3 is 6.09 Å². The SMILES string of the molecule is Nc1cc(Cl)ccc1NC(=O)CCCNC(=O)OCc1ccccc1. The quantitative estimate of drug-likeness (QED) is 0.519. The Morgan fingerprint density at radius 3 is 2.60 bits per heavy atom. The van der Waals surface area contributed by atoms with Crippen molar-refractivity contribution in [1.29, 1.82) is 0 Å². The minimum absolute atomic E-state index is 0.187. The molecule has 2 aromatic rings. The fraction of sp³-hybridized carbons (Fsp3) is 0.222. The number of hydrogen-bond acceptors (Lipinski definition) is 4. The van der Waals surface area contributed by atoms with Crippen molar-refractivity contribution in [3.63, 3.8) is 0 Å². The summed E-state index contributed by atoms with van der Waals surface area (Å²) in [5, 5.41) is 5.82. The first-order chi connectivity index (χ1) is 12.0. The van der Waals surface area contributed by atoms with Gasteiger partial charge in [-0.3, -0.25) is 4.79 Å². The molecule has 2 rings (SSSR count). The largest absolute Gasteiger partial charge is 0.445 e. The molecule has 0 aliphatic heterocycles. The zero-order valence-electron chi connectivity index (χ0n) is 13.6. The Balaban J connectivity index is 1.61. The van der Waals surface area contributed by atoms with E-state index in [4.69, 9.17) is 22.1 Å². The summed E-state index contributed by atoms with van der Waals surface area (Å²) in [5.41, 5.74) is 7.61. The molecule has 0 aliphatic carbocycles. The summed E-state index contributed by atoms with van der Waals surface area (Å²) in [7, 11) is 0. The normalized spacial score (nSPS) is 10.1. The molecule has 7 heteroatoms. The van der Waals surface area contributed by atoms with Crippen LogP contribution in [0.2, 0.25) is 5.02 Å². The van der Waals surface area contributed by atoms with Crippen molar-refractivity contribution in [1.82, 2.24) is 5.32 Å². The van der Waals surface area contributed by atoms with E-state index in [1.165, 1.54) is 0 Å². The van der Waals surface area contributed by atoms with Gasteiger partial charge in [0, 0.05) is 18.0 Å². The van der Waals surface area contributed by atoms with Crippen LogP contribution in [0.15, 0.2) is 48.5 Å². The summed E-state index contributed by atoms with van der Waals surface area (Å²) in [6.45, 7) is 0.556. The Kier molecular flexibility index (Phi) is 7.10. The second-order valence-corrected chi connectivity index (χ2v) is 5.81. The highest BCUT2D eigenvalue weighted by molar-refractivity contribution is 6.31. The minimum atomic E-state index is -0.508. The molecule has 132 valence electrons. The van der Waals surface area contributed by atoms with Crippen molar-refractivity contribution in [2.45, 2.75) is 19.4 Å². The number of benzene rings is 2. The predicted molar refractivity (Wildman–Crippen MR) is 98.4 cm³/mol. The lowest BCUT2D eigenvalue weighted by atomic mass is 10.2. The lowest BCUT2D eigenvalue weighted by Crippen LogP contribution is -2.26. The van der Waals surface area contributed by atoms with Gasteiger partial charge in [0.1, 0.15) is 6.61 Å². The monoisotopic (exact) mass is 361 g/mol. The van der Waals surface area contributed by atoms with Crippen LogP contribution in [0, 0.1) is 0 Å². The van der Waals surface area contributed by atoms with Crippen LogP contribution in [-0.4, -0.2) is 18.5 Å². The average molecular weight is 362 g/mol. The highest BCUT2D eigenvalue weighted by Crippen LogP contribution is 2.22. The van der Waals surface area contributed by atoms with Gasteiger partial charge < -0.3 is 21.1 Å². The molecule has 25 heavy (non-hydrogen) atoms. The number of halogens is 1. The van der Waals surface area contributed by atoms with Crippen LogP contribution in [0.5, 0.6) is 0 Å². The summed E-state index contributed by atoms with van der Waals surface area (Å²) < 4.78 is 5.08. The number of ether oxygens (including phenoxy) is 1. The maximum absolute atomic E-state index is 11.9. The third-order valence-corrected chi connectivity index (χ3v) is 3.59. The van der Waals surface area contributed by atoms with Gasteiger partial charge in [-0.15, -0.1) is 0 Å². The Hall–Kier alpha value is -2.73. The van der Waals surface area contributed by atoms with Crippen molar-refractivity contribution >= 4 is 35.0 Å². The first-order valence-electron chi connectivity index (χ1n) is 7.84. The molecule has 2 aromatic carbocycles. The van der Waals surface area contributed by atoms with Crippen molar-refractivity contribution in [3.8, 4) is 0 Å². The van der Waals surface area contributed by atoms with Crippen LogP contribution in [-0.2, 0) is 16.1 Å². The van der Waals surface area contributed by atoms with Gasteiger partial charge in [-0.1, -0.05) is 41.9 Å². The molecule has 0 saturated heterocycles. The highest BCUT2D eigenvalue weighted by atomic mass is 35.5. The second kappa shape index (κ2) is 9.54. The van der Waals surface area contributed by atoms with Gasteiger partial charge in [-0.2, -0.15) is 0 Å². The summed E-state index contributed by atoms with van der Waals surface area (Å²) in [6.07, 6.45) is 0.229. The predicted octanol–water partition coefficient (Wildman–Crippen LogP) is 3.57. The standard InChI is InChI=1S/C18H20ClN3O3/c19-14-8-9-16(15(20)11-14)22-17(23)7-4-10-21-18(24)25-12-13-5-2-1-3-6-13/h1-3,5-6,8-9,11H,4,7,10,12,20H2,(H,21,24)(H,22,23). The first-order valence-corrected chi connectivity index (χ1v) is 8.22. The Morgan fingerprint density at radius 2 is 1.88 bits per heavy atom. The van der Waals surface area contributed by atoms with E-state index in [-0.39, 0.29) is 18.9 Å². The van der Waals surface area contributed by atoms with Crippen LogP contribution in [0.25, 0.3) is 0 Å². The molecule has 0 aromatic heterocycles. The van der Waals surface area contributed by atoms with E-state index in [0.29, 0.717) is 29.4 Å². The molecule has 2 amide bonds. The van der Waals surface area contributed by atoms with E-state index in [1.807, 2.05) is 30.3 Å². The van der Waals surface area contributed by atoms with E-state index >= 15 is 0 Å². The van der Waals surface area contributed by atoms with Crippen molar-refractivity contribution in [2.24, 2.45) is 0 Å². The molecule has 0 unspecified atom stereocenters. The van der Waals surface area contributed by atoms with Gasteiger partial charge in [0.05, 0.1) is 11.4 Å². The summed E-state index contributed by atoms with van der Waals surface area (Å²) in [6, 6.07) is 14.3. The Bertz CT molecular complexity index is 723. The Morgan fingerprint density at radius 1 is 1.12 bits per heavy atom. The van der Waals surface area contributed by atoms with Gasteiger partial charge in [-0.05, 0) is 30.2 Å². The fourth-order valence-corrected chi connectivity index (χ4v) is 2.25. The average Bonchev–Trinajstić information content (AvgIpc) is 2.60. The molecule has 0 heterocycles. The lowest BCUT2D eigenvalue weighted by molar-refractivity contribution is -0.116. The molecule has 0 atom stereocenters. The van der Waals surface area contributed by atoms with Crippen LogP contribution in [0.4, 0.5) is 16.2 Å². The van der Waals surface area contributed by atoms with Crippen LogP contribution in [0.1, 0.15) is 18.4 Å². The molecule has 0 bridgehead atoms. The van der Waals surface area contributed by atoms with Crippen molar-refractivity contribution in [2.75, 3.05) is 17.6 Å². The number of nitrogens with one attached hydrogen (secondary N) is 2. The number of carbonyl (C=O) groups is 2. The van der Waals surface area contributed by atoms with Crippen molar-refractivity contribution in [3.05, 3.63) is 59.1 Å². The molecule has 0 aliphatic rings. The number of amides is 2. The van der Waals surface area contributed by atoms with Gasteiger partial charge in [-0.25, -0.2) is 4.79 Å². The van der Waals surface area contributed by atoms with Crippen LogP contribution in [0.3, 0.4) is 0 Å². The number of anilines is 2. The first kappa shape index (κ1) is 18.6. The van der Waals surface area contributed by atoms with Crippen molar-refractivity contribution < 1.29 is 14.3 Å². The zero-order chi connectivity index (χ0) is 18.1. The van der Waals surface area contributed by atoms with E-state index in [9.17, 15) is 9.59 Å². The number of nitrogen functional groups attached to an aromatic ring is 1. The molecule has 0 spiro atoms. The number of carbonyl (C=O) groups excluding carboxylic acids is 2. The third-order valence-electron chi connectivity index (χ3n) is 3.35. The number of hydrogen-bond donors (Lipinski definition) is 3. The highest BCUT2D eigenvalue weighted by Gasteiger charge is 2.07. The molecule has 6 nitrogen and oxygen atoms in total. The topological polar surface area (TPSA) is 93.5 Å². The maximum Gasteiger partial charge on any atom is 0.407 e. The van der Waals surface area contributed by atoms with Gasteiger partial charge in [0.15, 0.2) is 0 Å². The second-order valence-electron chi connectivity index (χ2n) is 5.37. The smallest absolute Gasteiger partial charge is 0.407 e. The molecule has 0 radical (unpaired) electrons.